The number of carbonyl (C=O) groups excluding carboxylic acids is 1. The van der Waals surface area contributed by atoms with Crippen molar-refractivity contribution in [2.24, 2.45) is 0 Å². The van der Waals surface area contributed by atoms with E-state index in [1.54, 1.807) is 0 Å². The Morgan fingerprint density at radius 1 is 1.33 bits per heavy atom. The fourth-order valence-electron chi connectivity index (χ4n) is 3.11. The summed E-state index contributed by atoms with van der Waals surface area (Å²) in [5.41, 5.74) is 1.22. The molecule has 4 nitrogen and oxygen atoms in total. The molecule has 1 aliphatic rings. The van der Waals surface area contributed by atoms with Crippen LogP contribution >= 0.6 is 0 Å². The van der Waals surface area contributed by atoms with Crippen molar-refractivity contribution in [1.29, 1.82) is 0 Å². The first kappa shape index (κ1) is 16.5. The summed E-state index contributed by atoms with van der Waals surface area (Å²) in [4.78, 5) is 12.3. The molecule has 0 bridgehead atoms. The Hall–Kier alpha value is -2.31. The number of fused-ring (bicyclic) bond motifs is 1. The largest absolute Gasteiger partial charge is 0.465 e. The molecule has 128 valence electrons. The average molecular weight is 338 g/mol. The topological polar surface area (TPSA) is 55.0 Å². The van der Waals surface area contributed by atoms with Gasteiger partial charge < -0.3 is 4.74 Å². The van der Waals surface area contributed by atoms with Crippen LogP contribution in [0.5, 0.6) is 0 Å². The maximum absolute atomic E-state index is 12.7. The first-order chi connectivity index (χ1) is 11.5. The molecule has 2 aromatic rings. The van der Waals surface area contributed by atoms with Gasteiger partial charge in [0.1, 0.15) is 5.69 Å². The average Bonchev–Trinajstić information content (AvgIpc) is 3.03. The number of hydrogen-bond acceptors (Lipinski definition) is 3. The van der Waals surface area contributed by atoms with Crippen LogP contribution in [0.2, 0.25) is 0 Å². The second kappa shape index (κ2) is 6.67. The molecule has 0 radical (unpaired) electrons. The number of halogens is 3. The van der Waals surface area contributed by atoms with Crippen molar-refractivity contribution in [3.8, 4) is 0 Å². The molecule has 1 heterocycles. The molecule has 1 unspecified atom stereocenters. The molecule has 1 aliphatic carbocycles. The van der Waals surface area contributed by atoms with Gasteiger partial charge in [-0.2, -0.15) is 18.3 Å². The van der Waals surface area contributed by atoms with Crippen LogP contribution in [-0.2, 0) is 28.5 Å². The second-order valence-electron chi connectivity index (χ2n) is 5.83. The second-order valence-corrected chi connectivity index (χ2v) is 5.83. The van der Waals surface area contributed by atoms with Gasteiger partial charge in [0.15, 0.2) is 0 Å². The molecule has 0 amide bonds. The minimum Gasteiger partial charge on any atom is -0.465 e. The highest BCUT2D eigenvalue weighted by molar-refractivity contribution is 5.79. The number of hydrogen-bond donors (Lipinski definition) is 1. The van der Waals surface area contributed by atoms with Gasteiger partial charge in [-0.05, 0) is 30.4 Å². The van der Waals surface area contributed by atoms with Crippen molar-refractivity contribution in [3.05, 3.63) is 52.8 Å². The Morgan fingerprint density at radius 3 is 2.92 bits per heavy atom. The zero-order valence-corrected chi connectivity index (χ0v) is 12.9. The van der Waals surface area contributed by atoms with Crippen molar-refractivity contribution in [3.63, 3.8) is 0 Å². The summed E-state index contributed by atoms with van der Waals surface area (Å²) < 4.78 is 43.5. The third kappa shape index (κ3) is 3.44. The zero-order chi connectivity index (χ0) is 17.2. The molecule has 1 N–H and O–H groups in total. The molecule has 3 rings (SSSR count). The van der Waals surface area contributed by atoms with Crippen LogP contribution in [0.3, 0.4) is 0 Å². The van der Waals surface area contributed by atoms with Crippen LogP contribution in [0, 0.1) is 0 Å². The molecule has 1 aromatic carbocycles. The van der Waals surface area contributed by atoms with E-state index in [9.17, 15) is 18.0 Å². The number of nitrogens with zero attached hydrogens (tertiary/aromatic N) is 1. The van der Waals surface area contributed by atoms with Crippen molar-refractivity contribution in [1.82, 2.24) is 10.2 Å². The highest BCUT2D eigenvalue weighted by Crippen LogP contribution is 2.33. The number of aromatic amines is 1. The number of carbonyl (C=O) groups is 1. The molecule has 1 atom stereocenters. The molecule has 0 spiro atoms. The highest BCUT2D eigenvalue weighted by Gasteiger charge is 2.35. The van der Waals surface area contributed by atoms with E-state index in [0.717, 1.165) is 30.2 Å². The van der Waals surface area contributed by atoms with E-state index in [2.05, 4.69) is 5.10 Å². The Kier molecular flexibility index (Phi) is 4.59. The van der Waals surface area contributed by atoms with Crippen molar-refractivity contribution < 1.29 is 22.7 Å². The molecule has 0 fully saturated rings. The van der Waals surface area contributed by atoms with Gasteiger partial charge in [0, 0.05) is 12.0 Å². The van der Waals surface area contributed by atoms with Gasteiger partial charge in [-0.1, -0.05) is 24.3 Å². The van der Waals surface area contributed by atoms with Gasteiger partial charge in [-0.25, -0.2) is 0 Å². The number of nitrogens with one attached hydrogen (secondary N) is 1. The Labute approximate surface area is 137 Å². The van der Waals surface area contributed by atoms with Crippen LogP contribution in [0.15, 0.2) is 30.5 Å². The van der Waals surface area contributed by atoms with E-state index >= 15 is 0 Å². The number of alkyl halides is 3. The number of H-pyrrole nitrogens is 1. The van der Waals surface area contributed by atoms with E-state index in [1.807, 2.05) is 29.4 Å². The van der Waals surface area contributed by atoms with Crippen LogP contribution in [0.4, 0.5) is 13.2 Å². The smallest absolute Gasteiger partial charge is 0.433 e. The normalized spacial score (nSPS) is 17.4. The van der Waals surface area contributed by atoms with Crippen LogP contribution in [-0.4, -0.2) is 22.8 Å². The van der Waals surface area contributed by atoms with Gasteiger partial charge in [0.25, 0.3) is 0 Å². The Balaban J connectivity index is 1.61. The zero-order valence-electron chi connectivity index (χ0n) is 12.9. The van der Waals surface area contributed by atoms with Crippen molar-refractivity contribution >= 4 is 5.97 Å². The summed E-state index contributed by atoms with van der Waals surface area (Å²) in [6, 6.07) is 7.73. The number of rotatable bonds is 4. The van der Waals surface area contributed by atoms with Gasteiger partial charge in [-0.15, -0.1) is 0 Å². The fourth-order valence-corrected chi connectivity index (χ4v) is 3.11. The summed E-state index contributed by atoms with van der Waals surface area (Å²) in [5.74, 6) is -0.708. The number of benzene rings is 1. The Bertz CT molecular complexity index is 725. The molecule has 0 saturated carbocycles. The lowest BCUT2D eigenvalue weighted by molar-refractivity contribution is -0.145. The first-order valence-electron chi connectivity index (χ1n) is 7.80. The summed E-state index contributed by atoms with van der Waals surface area (Å²) >= 11 is 0. The minimum atomic E-state index is -4.49. The summed E-state index contributed by atoms with van der Waals surface area (Å²) in [6.07, 6.45) is -0.855. The molecule has 0 saturated heterocycles. The summed E-state index contributed by atoms with van der Waals surface area (Å²) in [7, 11) is 0. The number of esters is 1. The van der Waals surface area contributed by atoms with E-state index in [1.165, 1.54) is 0 Å². The van der Waals surface area contributed by atoms with E-state index in [-0.39, 0.29) is 30.5 Å². The first-order valence-corrected chi connectivity index (χ1v) is 7.80. The van der Waals surface area contributed by atoms with Crippen LogP contribution in [0.25, 0.3) is 0 Å². The predicted octanol–water partition coefficient (Wildman–Crippen LogP) is 3.63. The molecular weight excluding hydrogens is 321 g/mol. The van der Waals surface area contributed by atoms with E-state index < -0.39 is 11.9 Å². The third-order valence-corrected chi connectivity index (χ3v) is 4.27. The molecule has 7 heteroatoms. The quantitative estimate of drug-likeness (QED) is 0.866. The maximum atomic E-state index is 12.7. The van der Waals surface area contributed by atoms with Gasteiger partial charge in [-0.3, -0.25) is 9.89 Å². The lowest BCUT2D eigenvalue weighted by Crippen LogP contribution is -2.22. The van der Waals surface area contributed by atoms with Gasteiger partial charge in [0.2, 0.25) is 0 Å². The standard InChI is InChI=1S/C17H17F3N2O2/c18-17(19,20)15-12(10-21-22-15)8-9-24-16(23)14-7-3-5-11-4-1-2-6-13(11)14/h1-2,4,6,10,14H,3,5,7-9H2,(H,21,22). The number of aryl methyl sites for hydroxylation is 1. The van der Waals surface area contributed by atoms with E-state index in [4.69, 9.17) is 4.74 Å². The maximum Gasteiger partial charge on any atom is 0.433 e. The monoisotopic (exact) mass is 338 g/mol. The third-order valence-electron chi connectivity index (χ3n) is 4.27. The lowest BCUT2D eigenvalue weighted by Gasteiger charge is -2.23. The Morgan fingerprint density at radius 2 is 2.12 bits per heavy atom. The lowest BCUT2D eigenvalue weighted by atomic mass is 9.83. The SMILES string of the molecule is O=C(OCCc1cn[nH]c1C(F)(F)F)C1CCCc2ccccc21. The fraction of sp³-hybridized carbons (Fsp3) is 0.412. The number of aromatic nitrogens is 2. The van der Waals surface area contributed by atoms with E-state index in [0.29, 0.717) is 6.42 Å². The van der Waals surface area contributed by atoms with Gasteiger partial charge >= 0.3 is 12.1 Å². The molecular formula is C17H17F3N2O2. The van der Waals surface area contributed by atoms with Crippen molar-refractivity contribution in [2.75, 3.05) is 6.61 Å². The van der Waals surface area contributed by atoms with Crippen LogP contribution < -0.4 is 0 Å². The molecule has 0 aliphatic heterocycles. The minimum absolute atomic E-state index is 0.000607. The summed E-state index contributed by atoms with van der Waals surface area (Å²) in [5, 5.41) is 5.37. The number of ether oxygens (including phenoxy) is 1. The predicted molar refractivity (Wildman–Crippen MR) is 80.4 cm³/mol. The summed E-state index contributed by atoms with van der Waals surface area (Å²) in [6.45, 7) is -0.0971. The van der Waals surface area contributed by atoms with Crippen molar-refractivity contribution in [2.45, 2.75) is 37.8 Å². The van der Waals surface area contributed by atoms with Crippen LogP contribution in [0.1, 0.15) is 41.1 Å². The molecule has 24 heavy (non-hydrogen) atoms. The highest BCUT2D eigenvalue weighted by atomic mass is 19.4. The molecule has 1 aromatic heterocycles. The van der Waals surface area contributed by atoms with Gasteiger partial charge in [0.05, 0.1) is 18.7 Å².